The van der Waals surface area contributed by atoms with Crippen molar-refractivity contribution in [2.75, 3.05) is 12.7 Å². The number of carbonyl (C=O) groups excluding carboxylic acids is 2. The second kappa shape index (κ2) is 11.7. The first-order valence-electron chi connectivity index (χ1n) is 6.08. The van der Waals surface area contributed by atoms with Crippen molar-refractivity contribution < 1.29 is 19.1 Å². The van der Waals surface area contributed by atoms with Gasteiger partial charge in [-0.15, -0.1) is 0 Å². The van der Waals surface area contributed by atoms with Gasteiger partial charge in [-0.2, -0.15) is 0 Å². The average molecular weight is 265 g/mol. The SMILES string of the molecule is CCOC(=O)CCCCCCCC(=O)OCCl. The number of carbonyl (C=O) groups is 2. The lowest BCUT2D eigenvalue weighted by Gasteiger charge is -2.02. The summed E-state index contributed by atoms with van der Waals surface area (Å²) in [4.78, 5) is 21.9. The van der Waals surface area contributed by atoms with Crippen LogP contribution in [0.5, 0.6) is 0 Å². The molecule has 0 aliphatic heterocycles. The summed E-state index contributed by atoms with van der Waals surface area (Å²) in [6.45, 7) is 2.25. The Morgan fingerprint density at radius 1 is 0.882 bits per heavy atom. The predicted molar refractivity (Wildman–Crippen MR) is 65.8 cm³/mol. The Balaban J connectivity index is 3.18. The monoisotopic (exact) mass is 264 g/mol. The van der Waals surface area contributed by atoms with Crippen molar-refractivity contribution in [3.63, 3.8) is 0 Å². The van der Waals surface area contributed by atoms with E-state index in [9.17, 15) is 9.59 Å². The third-order valence-corrected chi connectivity index (χ3v) is 2.39. The Hall–Kier alpha value is -0.770. The van der Waals surface area contributed by atoms with E-state index in [1.165, 1.54) is 0 Å². The highest BCUT2D eigenvalue weighted by Gasteiger charge is 2.02. The van der Waals surface area contributed by atoms with Crippen LogP contribution >= 0.6 is 11.6 Å². The quantitative estimate of drug-likeness (QED) is 0.346. The minimum atomic E-state index is -0.244. The van der Waals surface area contributed by atoms with E-state index in [-0.39, 0.29) is 18.0 Å². The molecule has 0 rings (SSSR count). The molecule has 0 atom stereocenters. The van der Waals surface area contributed by atoms with Crippen molar-refractivity contribution in [3.05, 3.63) is 0 Å². The van der Waals surface area contributed by atoms with Gasteiger partial charge in [-0.05, 0) is 19.8 Å². The Morgan fingerprint density at radius 2 is 1.35 bits per heavy atom. The Labute approximate surface area is 108 Å². The van der Waals surface area contributed by atoms with Crippen molar-refractivity contribution in [3.8, 4) is 0 Å². The molecular formula is C12H21ClO4. The van der Waals surface area contributed by atoms with Crippen LogP contribution in [0.2, 0.25) is 0 Å². The van der Waals surface area contributed by atoms with Crippen LogP contribution in [-0.2, 0) is 19.1 Å². The normalized spacial score (nSPS) is 10.0. The first-order chi connectivity index (χ1) is 8.20. The van der Waals surface area contributed by atoms with Crippen LogP contribution in [0.15, 0.2) is 0 Å². The van der Waals surface area contributed by atoms with Crippen molar-refractivity contribution in [1.29, 1.82) is 0 Å². The number of halogens is 1. The maximum Gasteiger partial charge on any atom is 0.306 e. The molecule has 0 heterocycles. The molecule has 0 spiro atoms. The zero-order chi connectivity index (χ0) is 12.9. The smallest absolute Gasteiger partial charge is 0.306 e. The summed E-state index contributed by atoms with van der Waals surface area (Å²) in [6.07, 6.45) is 5.56. The number of hydrogen-bond acceptors (Lipinski definition) is 4. The molecule has 0 aliphatic carbocycles. The van der Waals surface area contributed by atoms with E-state index in [2.05, 4.69) is 4.74 Å². The summed E-state index contributed by atoms with van der Waals surface area (Å²) in [5.74, 6) is -0.371. The molecule has 0 amide bonds. The van der Waals surface area contributed by atoms with E-state index in [4.69, 9.17) is 16.3 Å². The molecule has 5 heteroatoms. The molecule has 0 aromatic rings. The summed E-state index contributed by atoms with van der Waals surface area (Å²) in [5.41, 5.74) is 0. The van der Waals surface area contributed by atoms with Crippen LogP contribution in [-0.4, -0.2) is 24.6 Å². The van der Waals surface area contributed by atoms with Crippen LogP contribution in [0.1, 0.15) is 51.9 Å². The summed E-state index contributed by atoms with van der Waals surface area (Å²) < 4.78 is 9.41. The van der Waals surface area contributed by atoms with Gasteiger partial charge in [0, 0.05) is 12.8 Å². The molecule has 0 bridgehead atoms. The van der Waals surface area contributed by atoms with Crippen molar-refractivity contribution in [1.82, 2.24) is 0 Å². The Bertz CT molecular complexity index is 197. The van der Waals surface area contributed by atoms with E-state index in [0.717, 1.165) is 32.1 Å². The number of alkyl halides is 1. The third kappa shape index (κ3) is 11.5. The fraction of sp³-hybridized carbons (Fsp3) is 0.833. The largest absolute Gasteiger partial charge is 0.466 e. The minimum absolute atomic E-state index is 0.0711. The highest BCUT2D eigenvalue weighted by molar-refractivity contribution is 6.17. The minimum Gasteiger partial charge on any atom is -0.466 e. The zero-order valence-corrected chi connectivity index (χ0v) is 11.1. The van der Waals surface area contributed by atoms with Crippen molar-refractivity contribution in [2.24, 2.45) is 0 Å². The fourth-order valence-electron chi connectivity index (χ4n) is 1.44. The second-order valence-electron chi connectivity index (χ2n) is 3.70. The molecule has 0 aromatic heterocycles. The van der Waals surface area contributed by atoms with Crippen molar-refractivity contribution >= 4 is 23.5 Å². The van der Waals surface area contributed by atoms with Crippen molar-refractivity contribution in [2.45, 2.75) is 51.9 Å². The maximum absolute atomic E-state index is 11.0. The van der Waals surface area contributed by atoms with Crippen LogP contribution in [0, 0.1) is 0 Å². The molecule has 17 heavy (non-hydrogen) atoms. The fourth-order valence-corrected chi connectivity index (χ4v) is 1.56. The first-order valence-corrected chi connectivity index (χ1v) is 6.61. The Morgan fingerprint density at radius 3 is 1.82 bits per heavy atom. The van der Waals surface area contributed by atoms with E-state index in [1.54, 1.807) is 6.92 Å². The van der Waals surface area contributed by atoms with E-state index >= 15 is 0 Å². The Kier molecular flexibility index (Phi) is 11.2. The van der Waals surface area contributed by atoms with E-state index in [1.807, 2.05) is 0 Å². The number of ether oxygens (including phenoxy) is 2. The number of rotatable bonds is 10. The van der Waals surface area contributed by atoms with Crippen LogP contribution in [0.3, 0.4) is 0 Å². The third-order valence-electron chi connectivity index (χ3n) is 2.28. The molecule has 0 saturated carbocycles. The van der Waals surface area contributed by atoms with Crippen LogP contribution in [0.25, 0.3) is 0 Å². The topological polar surface area (TPSA) is 52.6 Å². The molecule has 0 saturated heterocycles. The molecular weight excluding hydrogens is 244 g/mol. The van der Waals surface area contributed by atoms with E-state index < -0.39 is 0 Å². The van der Waals surface area contributed by atoms with Gasteiger partial charge in [0.2, 0.25) is 0 Å². The van der Waals surface area contributed by atoms with Gasteiger partial charge in [-0.25, -0.2) is 0 Å². The van der Waals surface area contributed by atoms with Gasteiger partial charge in [0.15, 0.2) is 6.07 Å². The molecule has 0 aromatic carbocycles. The molecule has 0 radical (unpaired) electrons. The second-order valence-corrected chi connectivity index (χ2v) is 3.92. The summed E-state index contributed by atoms with van der Waals surface area (Å²) in [6, 6.07) is -0.0711. The molecule has 4 nitrogen and oxygen atoms in total. The standard InChI is InChI=1S/C12H21ClO4/c1-2-16-11(14)8-6-4-3-5-7-9-12(15)17-10-13/h2-10H2,1H3. The number of esters is 2. The van der Waals surface area contributed by atoms with Crippen LogP contribution in [0.4, 0.5) is 0 Å². The average Bonchev–Trinajstić information content (AvgIpc) is 2.28. The van der Waals surface area contributed by atoms with Gasteiger partial charge >= 0.3 is 11.9 Å². The molecule has 0 aliphatic rings. The number of hydrogen-bond donors (Lipinski definition) is 0. The lowest BCUT2D eigenvalue weighted by molar-refractivity contribution is -0.143. The zero-order valence-electron chi connectivity index (χ0n) is 10.4. The molecule has 0 unspecified atom stereocenters. The summed E-state index contributed by atoms with van der Waals surface area (Å²) in [5, 5.41) is 0. The number of unbranched alkanes of at least 4 members (excludes halogenated alkanes) is 4. The van der Waals surface area contributed by atoms with Gasteiger partial charge < -0.3 is 9.47 Å². The van der Waals surface area contributed by atoms with Gasteiger partial charge in [0.25, 0.3) is 0 Å². The predicted octanol–water partition coefficient (Wildman–Crippen LogP) is 3.02. The van der Waals surface area contributed by atoms with Gasteiger partial charge in [0.05, 0.1) is 6.61 Å². The summed E-state index contributed by atoms with van der Waals surface area (Å²) in [7, 11) is 0. The van der Waals surface area contributed by atoms with Gasteiger partial charge in [-0.1, -0.05) is 30.9 Å². The highest BCUT2D eigenvalue weighted by Crippen LogP contribution is 2.08. The summed E-state index contributed by atoms with van der Waals surface area (Å²) >= 11 is 5.25. The maximum atomic E-state index is 11.0. The molecule has 0 N–H and O–H groups in total. The molecule has 0 fully saturated rings. The lowest BCUT2D eigenvalue weighted by Crippen LogP contribution is -2.03. The lowest BCUT2D eigenvalue weighted by atomic mass is 10.1. The van der Waals surface area contributed by atoms with Gasteiger partial charge in [0.1, 0.15) is 0 Å². The first kappa shape index (κ1) is 16.2. The highest BCUT2D eigenvalue weighted by atomic mass is 35.5. The molecule has 100 valence electrons. The van der Waals surface area contributed by atoms with E-state index in [0.29, 0.717) is 19.4 Å². The van der Waals surface area contributed by atoms with Crippen LogP contribution < -0.4 is 0 Å². The van der Waals surface area contributed by atoms with Gasteiger partial charge in [-0.3, -0.25) is 9.59 Å².